The predicted molar refractivity (Wildman–Crippen MR) is 102 cm³/mol. The van der Waals surface area contributed by atoms with Crippen LogP contribution in [0.15, 0.2) is 29.2 Å². The molecule has 7 nitrogen and oxygen atoms in total. The maximum atomic E-state index is 12.9. The molecule has 1 fully saturated rings. The van der Waals surface area contributed by atoms with E-state index in [0.717, 1.165) is 0 Å². The topological polar surface area (TPSA) is 95.0 Å². The van der Waals surface area contributed by atoms with Gasteiger partial charge in [0.2, 0.25) is 15.9 Å². The molecule has 27 heavy (non-hydrogen) atoms. The number of carboxylic acids is 1. The Labute approximate surface area is 161 Å². The maximum absolute atomic E-state index is 12.9. The number of benzene rings is 1. The number of hydrogen-bond acceptors (Lipinski definition) is 4. The molecule has 0 bridgehead atoms. The molecule has 0 spiro atoms. The second kappa shape index (κ2) is 8.39. The summed E-state index contributed by atoms with van der Waals surface area (Å²) in [6.45, 7) is 6.53. The van der Waals surface area contributed by atoms with E-state index in [9.17, 15) is 23.1 Å². The fourth-order valence-corrected chi connectivity index (χ4v) is 4.94. The van der Waals surface area contributed by atoms with Gasteiger partial charge in [0.05, 0.1) is 10.5 Å². The Morgan fingerprint density at radius 2 is 1.70 bits per heavy atom. The van der Waals surface area contributed by atoms with Crippen molar-refractivity contribution in [1.82, 2.24) is 9.21 Å². The molecule has 1 N–H and O–H groups in total. The van der Waals surface area contributed by atoms with Crippen LogP contribution in [0.1, 0.15) is 44.0 Å². The van der Waals surface area contributed by atoms with Crippen molar-refractivity contribution in [2.24, 2.45) is 11.8 Å². The Morgan fingerprint density at radius 1 is 1.15 bits per heavy atom. The first kappa shape index (κ1) is 21.4. The van der Waals surface area contributed by atoms with Crippen molar-refractivity contribution in [1.29, 1.82) is 0 Å². The van der Waals surface area contributed by atoms with Crippen LogP contribution in [0.4, 0.5) is 0 Å². The van der Waals surface area contributed by atoms with E-state index in [4.69, 9.17) is 0 Å². The molecule has 1 atom stereocenters. The third-order valence-electron chi connectivity index (χ3n) is 5.46. The van der Waals surface area contributed by atoms with Crippen LogP contribution in [0.2, 0.25) is 0 Å². The average Bonchev–Trinajstić information content (AvgIpc) is 2.66. The molecule has 0 aliphatic carbocycles. The predicted octanol–water partition coefficient (Wildman–Crippen LogP) is 2.29. The lowest BCUT2D eigenvalue weighted by Crippen LogP contribution is -2.46. The maximum Gasteiger partial charge on any atom is 0.337 e. The lowest BCUT2D eigenvalue weighted by Gasteiger charge is -2.35. The Hall–Kier alpha value is -1.93. The van der Waals surface area contributed by atoms with Crippen LogP contribution in [0.5, 0.6) is 0 Å². The minimum Gasteiger partial charge on any atom is -0.478 e. The molecule has 0 aromatic heterocycles. The number of carbonyl (C=O) groups excluding carboxylic acids is 1. The summed E-state index contributed by atoms with van der Waals surface area (Å²) in [4.78, 5) is 25.6. The summed E-state index contributed by atoms with van der Waals surface area (Å²) in [6, 6.07) is 5.72. The van der Waals surface area contributed by atoms with Crippen molar-refractivity contribution < 1.29 is 23.1 Å². The number of amides is 1. The monoisotopic (exact) mass is 396 g/mol. The second-order valence-corrected chi connectivity index (χ2v) is 9.32. The molecule has 1 aliphatic rings. The Kier molecular flexibility index (Phi) is 6.64. The van der Waals surface area contributed by atoms with Crippen LogP contribution in [-0.2, 0) is 14.8 Å². The summed E-state index contributed by atoms with van der Waals surface area (Å²) in [5.41, 5.74) is -0.235. The van der Waals surface area contributed by atoms with Crippen molar-refractivity contribution in [3.63, 3.8) is 0 Å². The van der Waals surface area contributed by atoms with Crippen molar-refractivity contribution in [2.75, 3.05) is 20.1 Å². The number of sulfonamides is 1. The smallest absolute Gasteiger partial charge is 0.337 e. The molecule has 1 unspecified atom stereocenters. The third-order valence-corrected chi connectivity index (χ3v) is 7.42. The van der Waals surface area contributed by atoms with E-state index in [0.29, 0.717) is 18.8 Å². The van der Waals surface area contributed by atoms with Gasteiger partial charge in [0.15, 0.2) is 0 Å². The summed E-state index contributed by atoms with van der Waals surface area (Å²) < 4.78 is 27.1. The summed E-state index contributed by atoms with van der Waals surface area (Å²) >= 11 is 0. The molecular formula is C19H28N2O5S. The number of aromatic carboxylic acids is 1. The lowest BCUT2D eigenvalue weighted by molar-refractivity contribution is -0.138. The van der Waals surface area contributed by atoms with Crippen LogP contribution >= 0.6 is 0 Å². The molecule has 1 aromatic carbocycles. The van der Waals surface area contributed by atoms with Gasteiger partial charge in [-0.1, -0.05) is 26.0 Å². The zero-order valence-corrected chi connectivity index (χ0v) is 17.1. The van der Waals surface area contributed by atoms with E-state index in [1.165, 1.54) is 28.6 Å². The van der Waals surface area contributed by atoms with Gasteiger partial charge in [-0.05, 0) is 37.8 Å². The molecular weight excluding hydrogens is 368 g/mol. The quantitative estimate of drug-likeness (QED) is 0.796. The fraction of sp³-hybridized carbons (Fsp3) is 0.579. The molecule has 8 heteroatoms. The van der Waals surface area contributed by atoms with Crippen LogP contribution in [0, 0.1) is 11.8 Å². The van der Waals surface area contributed by atoms with E-state index < -0.39 is 16.0 Å². The van der Waals surface area contributed by atoms with Crippen molar-refractivity contribution in [3.05, 3.63) is 29.8 Å². The van der Waals surface area contributed by atoms with Crippen LogP contribution in [-0.4, -0.2) is 60.8 Å². The standard InChI is InChI=1S/C19H28N2O5S/c1-13(2)14(3)20(4)18(22)15-9-11-21(12-10-15)27(25,26)17-8-6-5-7-16(17)19(23)24/h5-8,13-15H,9-12H2,1-4H3,(H,23,24). The van der Waals surface area contributed by atoms with E-state index in [1.807, 2.05) is 6.92 Å². The molecule has 2 rings (SSSR count). The minimum absolute atomic E-state index is 0.0409. The molecule has 1 amide bonds. The van der Waals surface area contributed by atoms with Gasteiger partial charge in [-0.25, -0.2) is 13.2 Å². The van der Waals surface area contributed by atoms with E-state index in [-0.39, 0.29) is 41.4 Å². The highest BCUT2D eigenvalue weighted by Crippen LogP contribution is 2.27. The van der Waals surface area contributed by atoms with Gasteiger partial charge in [0.25, 0.3) is 0 Å². The van der Waals surface area contributed by atoms with Gasteiger partial charge in [-0.3, -0.25) is 4.79 Å². The first-order valence-corrected chi connectivity index (χ1v) is 10.6. The van der Waals surface area contributed by atoms with Gasteiger partial charge < -0.3 is 10.0 Å². The second-order valence-electron chi connectivity index (χ2n) is 7.41. The highest BCUT2D eigenvalue weighted by Gasteiger charge is 2.35. The molecule has 0 saturated carbocycles. The molecule has 0 radical (unpaired) electrons. The first-order valence-electron chi connectivity index (χ1n) is 9.16. The van der Waals surface area contributed by atoms with E-state index >= 15 is 0 Å². The van der Waals surface area contributed by atoms with Crippen molar-refractivity contribution in [2.45, 2.75) is 44.6 Å². The normalized spacial score (nSPS) is 17.7. The van der Waals surface area contributed by atoms with Crippen molar-refractivity contribution in [3.8, 4) is 0 Å². The van der Waals surface area contributed by atoms with Gasteiger partial charge in [-0.15, -0.1) is 0 Å². The van der Waals surface area contributed by atoms with Crippen LogP contribution in [0.25, 0.3) is 0 Å². The third kappa shape index (κ3) is 4.50. The van der Waals surface area contributed by atoms with Gasteiger partial charge in [0, 0.05) is 32.1 Å². The summed E-state index contributed by atoms with van der Waals surface area (Å²) in [7, 11) is -2.12. The number of hydrogen-bond donors (Lipinski definition) is 1. The summed E-state index contributed by atoms with van der Waals surface area (Å²) in [5, 5.41) is 9.27. The van der Waals surface area contributed by atoms with Crippen LogP contribution in [0.3, 0.4) is 0 Å². The molecule has 1 saturated heterocycles. The number of carboxylic acid groups (broad SMARTS) is 1. The Morgan fingerprint density at radius 3 is 2.22 bits per heavy atom. The van der Waals surface area contributed by atoms with Gasteiger partial charge in [-0.2, -0.15) is 4.31 Å². The summed E-state index contributed by atoms with van der Waals surface area (Å²) in [5.74, 6) is -1.10. The first-order chi connectivity index (χ1) is 12.6. The highest BCUT2D eigenvalue weighted by molar-refractivity contribution is 7.89. The Balaban J connectivity index is 2.11. The number of carbonyl (C=O) groups is 2. The van der Waals surface area contributed by atoms with Crippen LogP contribution < -0.4 is 0 Å². The minimum atomic E-state index is -3.91. The Bertz CT molecular complexity index is 798. The van der Waals surface area contributed by atoms with Gasteiger partial charge in [0.1, 0.15) is 0 Å². The molecule has 150 valence electrons. The number of rotatable bonds is 6. The highest BCUT2D eigenvalue weighted by atomic mass is 32.2. The van der Waals surface area contributed by atoms with Gasteiger partial charge >= 0.3 is 5.97 Å². The van der Waals surface area contributed by atoms with Crippen molar-refractivity contribution >= 4 is 21.9 Å². The molecule has 1 heterocycles. The lowest BCUT2D eigenvalue weighted by atomic mass is 9.95. The number of piperidine rings is 1. The average molecular weight is 397 g/mol. The van der Waals surface area contributed by atoms with E-state index in [2.05, 4.69) is 13.8 Å². The zero-order chi connectivity index (χ0) is 20.4. The SMILES string of the molecule is CC(C)C(C)N(C)C(=O)C1CCN(S(=O)(=O)c2ccccc2C(=O)O)CC1. The zero-order valence-electron chi connectivity index (χ0n) is 16.3. The largest absolute Gasteiger partial charge is 0.478 e. The summed E-state index contributed by atoms with van der Waals surface area (Å²) in [6.07, 6.45) is 0.866. The number of nitrogens with zero attached hydrogens (tertiary/aromatic N) is 2. The van der Waals surface area contributed by atoms with E-state index in [1.54, 1.807) is 11.9 Å². The molecule has 1 aliphatic heterocycles. The molecule has 1 aromatic rings. The fourth-order valence-electron chi connectivity index (χ4n) is 3.29.